The van der Waals surface area contributed by atoms with E-state index < -0.39 is 11.7 Å². The first-order chi connectivity index (χ1) is 9.44. The first-order valence-corrected chi connectivity index (χ1v) is 6.40. The van der Waals surface area contributed by atoms with Gasteiger partial charge in [0.2, 0.25) is 0 Å². The van der Waals surface area contributed by atoms with E-state index in [1.807, 2.05) is 13.8 Å². The Morgan fingerprint density at radius 1 is 1.30 bits per heavy atom. The fourth-order valence-electron chi connectivity index (χ4n) is 2.48. The summed E-state index contributed by atoms with van der Waals surface area (Å²) < 4.78 is 16.0. The summed E-state index contributed by atoms with van der Waals surface area (Å²) in [4.78, 5) is 11.5. The lowest BCUT2D eigenvalue weighted by Gasteiger charge is -2.15. The first kappa shape index (κ1) is 13.1. The lowest BCUT2D eigenvalue weighted by molar-refractivity contribution is 0.133. The van der Waals surface area contributed by atoms with Crippen LogP contribution < -0.4 is 10.4 Å². The zero-order valence-corrected chi connectivity index (χ0v) is 11.5. The first-order valence-electron chi connectivity index (χ1n) is 6.40. The van der Waals surface area contributed by atoms with Crippen molar-refractivity contribution in [2.45, 2.75) is 31.7 Å². The Morgan fingerprint density at radius 3 is 2.55 bits per heavy atom. The number of fused-ring (bicyclic) bond motifs is 1. The van der Waals surface area contributed by atoms with E-state index in [9.17, 15) is 9.90 Å². The van der Waals surface area contributed by atoms with Crippen LogP contribution in [-0.4, -0.2) is 23.9 Å². The van der Waals surface area contributed by atoms with Crippen LogP contribution in [-0.2, 0) is 4.74 Å². The van der Waals surface area contributed by atoms with Gasteiger partial charge in [0, 0.05) is 11.5 Å². The highest BCUT2D eigenvalue weighted by Crippen LogP contribution is 2.47. The highest BCUT2D eigenvalue weighted by Gasteiger charge is 2.53. The van der Waals surface area contributed by atoms with Crippen molar-refractivity contribution < 1.29 is 19.0 Å². The molecule has 1 aliphatic rings. The van der Waals surface area contributed by atoms with Gasteiger partial charge in [-0.05, 0) is 32.0 Å². The number of epoxide rings is 1. The van der Waals surface area contributed by atoms with Gasteiger partial charge in [-0.3, -0.25) is 0 Å². The summed E-state index contributed by atoms with van der Waals surface area (Å²) in [5.74, 6) is 0.477. The number of aliphatic hydroxyl groups is 1. The van der Waals surface area contributed by atoms with Crippen molar-refractivity contribution in [3.05, 3.63) is 40.2 Å². The quantitative estimate of drug-likeness (QED) is 0.686. The molecule has 0 radical (unpaired) electrons. The van der Waals surface area contributed by atoms with Crippen molar-refractivity contribution in [3.63, 3.8) is 0 Å². The van der Waals surface area contributed by atoms with Crippen LogP contribution in [0.4, 0.5) is 0 Å². The van der Waals surface area contributed by atoms with Crippen molar-refractivity contribution in [1.29, 1.82) is 0 Å². The number of methoxy groups -OCH3 is 1. The summed E-state index contributed by atoms with van der Waals surface area (Å²) in [5.41, 5.74) is -0.0501. The van der Waals surface area contributed by atoms with Crippen LogP contribution in [0.25, 0.3) is 11.0 Å². The maximum atomic E-state index is 11.5. The van der Waals surface area contributed by atoms with E-state index in [0.717, 1.165) is 5.39 Å². The molecule has 106 valence electrons. The highest BCUT2D eigenvalue weighted by atomic mass is 16.6. The zero-order valence-electron chi connectivity index (χ0n) is 11.5. The molecular formula is C15H16O5. The molecule has 1 N–H and O–H groups in total. The van der Waals surface area contributed by atoms with E-state index in [1.165, 1.54) is 13.2 Å². The number of benzene rings is 1. The molecule has 5 heteroatoms. The average Bonchev–Trinajstić information content (AvgIpc) is 3.05. The summed E-state index contributed by atoms with van der Waals surface area (Å²) in [6.45, 7) is 3.79. The number of ether oxygens (including phenoxy) is 2. The number of hydrogen-bond donors (Lipinski definition) is 1. The maximum absolute atomic E-state index is 11.5. The topological polar surface area (TPSA) is 72.2 Å². The summed E-state index contributed by atoms with van der Waals surface area (Å²) in [7, 11) is 1.51. The molecule has 20 heavy (non-hydrogen) atoms. The van der Waals surface area contributed by atoms with Crippen molar-refractivity contribution in [1.82, 2.24) is 0 Å². The van der Waals surface area contributed by atoms with Gasteiger partial charge in [0.15, 0.2) is 0 Å². The largest absolute Gasteiger partial charge is 0.496 e. The van der Waals surface area contributed by atoms with Gasteiger partial charge in [0.1, 0.15) is 23.5 Å². The minimum absolute atomic E-state index is 0.340. The molecule has 3 rings (SSSR count). The Balaban J connectivity index is 2.20. The molecule has 0 amide bonds. The summed E-state index contributed by atoms with van der Waals surface area (Å²) in [6, 6.07) is 6.54. The van der Waals surface area contributed by atoms with Crippen LogP contribution in [0.5, 0.6) is 5.75 Å². The summed E-state index contributed by atoms with van der Waals surface area (Å²) in [5, 5.41) is 11.3. The van der Waals surface area contributed by atoms with Gasteiger partial charge in [-0.2, -0.15) is 0 Å². The fraction of sp³-hybridized carbons (Fsp3) is 0.400. The Kier molecular flexibility index (Phi) is 2.84. The Bertz CT molecular complexity index is 716. The third kappa shape index (κ3) is 1.99. The Hall–Kier alpha value is -1.85. The Labute approximate surface area is 115 Å². The van der Waals surface area contributed by atoms with Gasteiger partial charge < -0.3 is 19.0 Å². The van der Waals surface area contributed by atoms with E-state index in [-0.39, 0.29) is 11.7 Å². The van der Waals surface area contributed by atoms with Gasteiger partial charge in [-0.15, -0.1) is 0 Å². The van der Waals surface area contributed by atoms with E-state index in [4.69, 9.17) is 13.9 Å². The molecule has 1 aromatic carbocycles. The predicted molar refractivity (Wildman–Crippen MR) is 72.9 cm³/mol. The lowest BCUT2D eigenvalue weighted by atomic mass is 9.97. The van der Waals surface area contributed by atoms with Crippen molar-refractivity contribution >= 4 is 11.0 Å². The van der Waals surface area contributed by atoms with E-state index >= 15 is 0 Å². The molecule has 2 atom stereocenters. The molecular weight excluding hydrogens is 260 g/mol. The molecule has 0 saturated carbocycles. The maximum Gasteiger partial charge on any atom is 0.336 e. The van der Waals surface area contributed by atoms with E-state index in [0.29, 0.717) is 16.9 Å². The minimum Gasteiger partial charge on any atom is -0.496 e. The molecule has 5 nitrogen and oxygen atoms in total. The van der Waals surface area contributed by atoms with Crippen LogP contribution in [0.2, 0.25) is 0 Å². The van der Waals surface area contributed by atoms with Gasteiger partial charge >= 0.3 is 5.63 Å². The molecule has 0 aliphatic carbocycles. The Morgan fingerprint density at radius 2 is 1.95 bits per heavy atom. The number of hydrogen-bond acceptors (Lipinski definition) is 5. The highest BCUT2D eigenvalue weighted by molar-refractivity contribution is 5.82. The van der Waals surface area contributed by atoms with Crippen molar-refractivity contribution in [2.24, 2.45) is 0 Å². The summed E-state index contributed by atoms with van der Waals surface area (Å²) >= 11 is 0. The van der Waals surface area contributed by atoms with Crippen LogP contribution in [0.3, 0.4) is 0 Å². The van der Waals surface area contributed by atoms with Crippen molar-refractivity contribution in [3.8, 4) is 5.75 Å². The number of rotatable bonds is 3. The molecule has 2 heterocycles. The molecule has 1 saturated heterocycles. The second kappa shape index (κ2) is 4.33. The molecule has 1 aliphatic heterocycles. The zero-order chi connectivity index (χ0) is 14.5. The average molecular weight is 276 g/mol. The molecule has 1 aromatic heterocycles. The van der Waals surface area contributed by atoms with Gasteiger partial charge in [0.05, 0.1) is 18.3 Å². The van der Waals surface area contributed by atoms with Gasteiger partial charge in [-0.1, -0.05) is 0 Å². The third-order valence-electron chi connectivity index (χ3n) is 3.65. The molecule has 0 spiro atoms. The second-order valence-electron chi connectivity index (χ2n) is 5.44. The van der Waals surface area contributed by atoms with Gasteiger partial charge in [-0.25, -0.2) is 4.79 Å². The molecule has 2 aromatic rings. The van der Waals surface area contributed by atoms with Crippen LogP contribution in [0.1, 0.15) is 25.5 Å². The second-order valence-corrected chi connectivity index (χ2v) is 5.44. The fourth-order valence-corrected chi connectivity index (χ4v) is 2.48. The normalized spacial score (nSPS) is 21.7. The lowest BCUT2D eigenvalue weighted by Crippen LogP contribution is -2.14. The van der Waals surface area contributed by atoms with Crippen LogP contribution in [0, 0.1) is 0 Å². The predicted octanol–water partition coefficient (Wildman–Crippen LogP) is 2.01. The molecule has 0 bridgehead atoms. The molecule has 1 fully saturated rings. The number of aliphatic hydroxyl groups excluding tert-OH is 1. The van der Waals surface area contributed by atoms with E-state index in [2.05, 4.69) is 0 Å². The standard InChI is InChI=1S/C15H16O5/c1-15(2)14(20-15)12(17)11-9(18-3)6-4-8-5-7-10(16)19-13(8)11/h4-7,12,14,17H,1-3H3/t12-,14-/m0/s1. The smallest absolute Gasteiger partial charge is 0.336 e. The van der Waals surface area contributed by atoms with E-state index in [1.54, 1.807) is 18.2 Å². The van der Waals surface area contributed by atoms with Crippen molar-refractivity contribution in [2.75, 3.05) is 7.11 Å². The SMILES string of the molecule is COc1ccc2ccc(=O)oc2c1[C@H](O)[C@@H]1OC1(C)C. The monoisotopic (exact) mass is 276 g/mol. The minimum atomic E-state index is -0.908. The van der Waals surface area contributed by atoms with Crippen LogP contribution >= 0.6 is 0 Å². The third-order valence-corrected chi connectivity index (χ3v) is 3.65. The van der Waals surface area contributed by atoms with Gasteiger partial charge in [0.25, 0.3) is 0 Å². The van der Waals surface area contributed by atoms with Crippen LogP contribution in [0.15, 0.2) is 33.5 Å². The molecule has 0 unspecified atom stereocenters. The summed E-state index contributed by atoms with van der Waals surface area (Å²) in [6.07, 6.45) is -1.25.